The maximum absolute atomic E-state index is 12.5. The molecule has 18 heavy (non-hydrogen) atoms. The minimum Gasteiger partial charge on any atom is -0.464 e. The van der Waals surface area contributed by atoms with E-state index in [-0.39, 0.29) is 16.8 Å². The summed E-state index contributed by atoms with van der Waals surface area (Å²) in [7, 11) is -3.50. The Hall–Kier alpha value is -0.520. The number of rotatable bonds is 6. The van der Waals surface area contributed by atoms with Crippen molar-refractivity contribution in [2.45, 2.75) is 50.9 Å². The molecular weight excluding hydrogens is 274 g/mol. The van der Waals surface area contributed by atoms with Crippen LogP contribution in [0.1, 0.15) is 38.7 Å². The van der Waals surface area contributed by atoms with Gasteiger partial charge in [0.15, 0.2) is 0 Å². The van der Waals surface area contributed by atoms with Crippen LogP contribution >= 0.6 is 11.6 Å². The van der Waals surface area contributed by atoms with Crippen LogP contribution in [0, 0.1) is 6.92 Å². The lowest BCUT2D eigenvalue weighted by atomic mass is 10.4. The van der Waals surface area contributed by atoms with E-state index in [9.17, 15) is 8.42 Å². The van der Waals surface area contributed by atoms with Crippen molar-refractivity contribution in [1.29, 1.82) is 0 Å². The van der Waals surface area contributed by atoms with Gasteiger partial charge < -0.3 is 4.42 Å². The number of nitrogens with zero attached hydrogens (tertiary/aromatic N) is 1. The molecule has 0 radical (unpaired) electrons. The molecule has 4 nitrogen and oxygen atoms in total. The molecule has 0 fully saturated rings. The molecule has 0 saturated carbocycles. The molecule has 0 N–H and O–H groups in total. The summed E-state index contributed by atoms with van der Waals surface area (Å²) in [5.74, 6) is 1.05. The Morgan fingerprint density at radius 1 is 1.44 bits per heavy atom. The molecule has 0 saturated heterocycles. The molecule has 0 spiro atoms. The molecule has 0 unspecified atom stereocenters. The Morgan fingerprint density at radius 2 is 2.06 bits per heavy atom. The maximum Gasteiger partial charge on any atom is 0.246 e. The number of alkyl halides is 1. The first-order valence-corrected chi connectivity index (χ1v) is 7.99. The second-order valence-electron chi connectivity index (χ2n) is 4.48. The second-order valence-corrected chi connectivity index (χ2v) is 6.60. The molecular formula is C12H20ClNO3S. The van der Waals surface area contributed by atoms with E-state index >= 15 is 0 Å². The van der Waals surface area contributed by atoms with Crippen molar-refractivity contribution in [3.63, 3.8) is 0 Å². The molecule has 6 heteroatoms. The van der Waals surface area contributed by atoms with Crippen LogP contribution in [-0.2, 0) is 15.9 Å². The predicted molar refractivity (Wildman–Crippen MR) is 72.3 cm³/mol. The van der Waals surface area contributed by atoms with Gasteiger partial charge in [-0.05, 0) is 27.2 Å². The third kappa shape index (κ3) is 3.08. The first-order chi connectivity index (χ1) is 8.34. The zero-order chi connectivity index (χ0) is 13.9. The predicted octanol–water partition coefficient (Wildman–Crippen LogP) is 3.14. The van der Waals surface area contributed by atoms with E-state index in [1.54, 1.807) is 6.92 Å². The molecule has 1 heterocycles. The molecule has 0 aliphatic rings. The summed E-state index contributed by atoms with van der Waals surface area (Å²) < 4.78 is 31.9. The van der Waals surface area contributed by atoms with Crippen molar-refractivity contribution in [3.8, 4) is 0 Å². The Bertz CT molecular complexity index is 493. The van der Waals surface area contributed by atoms with E-state index in [0.29, 0.717) is 18.1 Å². The van der Waals surface area contributed by atoms with Crippen molar-refractivity contribution < 1.29 is 12.8 Å². The molecule has 0 amide bonds. The fourth-order valence-electron chi connectivity index (χ4n) is 1.85. The standard InChI is InChI=1S/C12H20ClNO3S/c1-5-6-14(9(2)3)18(15,16)12-7-11(8-13)17-10(12)4/h7,9H,5-6,8H2,1-4H3. The molecule has 0 bridgehead atoms. The first-order valence-electron chi connectivity index (χ1n) is 6.01. The number of hydrogen-bond donors (Lipinski definition) is 0. The molecule has 1 aromatic rings. The highest BCUT2D eigenvalue weighted by Crippen LogP contribution is 2.25. The molecule has 0 aromatic carbocycles. The van der Waals surface area contributed by atoms with Crippen molar-refractivity contribution in [3.05, 3.63) is 17.6 Å². The Balaban J connectivity index is 3.21. The lowest BCUT2D eigenvalue weighted by Crippen LogP contribution is -2.37. The van der Waals surface area contributed by atoms with E-state index in [1.807, 2.05) is 20.8 Å². The Labute approximate surface area is 114 Å². The van der Waals surface area contributed by atoms with Crippen molar-refractivity contribution in [1.82, 2.24) is 4.31 Å². The van der Waals surface area contributed by atoms with Crippen LogP contribution in [0.15, 0.2) is 15.4 Å². The highest BCUT2D eigenvalue weighted by Gasteiger charge is 2.29. The highest BCUT2D eigenvalue weighted by atomic mass is 35.5. The quantitative estimate of drug-likeness (QED) is 0.757. The largest absolute Gasteiger partial charge is 0.464 e. The van der Waals surface area contributed by atoms with Gasteiger partial charge in [0.2, 0.25) is 10.0 Å². The normalized spacial score (nSPS) is 12.6. The van der Waals surface area contributed by atoms with Crippen LogP contribution in [0.25, 0.3) is 0 Å². The summed E-state index contributed by atoms with van der Waals surface area (Å²) in [5.41, 5.74) is 0. The summed E-state index contributed by atoms with van der Waals surface area (Å²) in [6, 6.07) is 1.44. The van der Waals surface area contributed by atoms with E-state index in [0.717, 1.165) is 6.42 Å². The number of halogens is 1. The van der Waals surface area contributed by atoms with Gasteiger partial charge in [0.1, 0.15) is 16.4 Å². The SMILES string of the molecule is CCCN(C(C)C)S(=O)(=O)c1cc(CCl)oc1C. The lowest BCUT2D eigenvalue weighted by Gasteiger charge is -2.24. The van der Waals surface area contributed by atoms with E-state index in [2.05, 4.69) is 0 Å². The van der Waals surface area contributed by atoms with Crippen LogP contribution in [0.4, 0.5) is 0 Å². The fourth-order valence-corrected chi connectivity index (χ4v) is 3.90. The molecule has 0 aliphatic carbocycles. The van der Waals surface area contributed by atoms with E-state index in [1.165, 1.54) is 10.4 Å². The Kier molecular flexibility index (Phi) is 5.25. The minimum absolute atomic E-state index is 0.0799. The fraction of sp³-hybridized carbons (Fsp3) is 0.667. The number of sulfonamides is 1. The summed E-state index contributed by atoms with van der Waals surface area (Å²) >= 11 is 5.66. The van der Waals surface area contributed by atoms with Gasteiger partial charge in [-0.3, -0.25) is 0 Å². The van der Waals surface area contributed by atoms with Gasteiger partial charge in [-0.15, -0.1) is 11.6 Å². The summed E-state index contributed by atoms with van der Waals surface area (Å²) in [6.45, 7) is 7.84. The van der Waals surface area contributed by atoms with Gasteiger partial charge in [-0.2, -0.15) is 4.31 Å². The van der Waals surface area contributed by atoms with Crippen LogP contribution in [0.5, 0.6) is 0 Å². The maximum atomic E-state index is 12.5. The van der Waals surface area contributed by atoms with Crippen LogP contribution in [0.3, 0.4) is 0 Å². The minimum atomic E-state index is -3.50. The number of aryl methyl sites for hydroxylation is 1. The average molecular weight is 294 g/mol. The second kappa shape index (κ2) is 6.08. The lowest BCUT2D eigenvalue weighted by molar-refractivity contribution is 0.353. The first kappa shape index (κ1) is 15.5. The third-order valence-corrected chi connectivity index (χ3v) is 5.11. The van der Waals surface area contributed by atoms with Gasteiger partial charge in [0, 0.05) is 18.7 Å². The van der Waals surface area contributed by atoms with Gasteiger partial charge in [-0.1, -0.05) is 6.92 Å². The van der Waals surface area contributed by atoms with E-state index < -0.39 is 10.0 Å². The zero-order valence-electron chi connectivity index (χ0n) is 11.2. The monoisotopic (exact) mass is 293 g/mol. The third-order valence-electron chi connectivity index (χ3n) is 2.66. The highest BCUT2D eigenvalue weighted by molar-refractivity contribution is 7.89. The topological polar surface area (TPSA) is 50.5 Å². The summed E-state index contributed by atoms with van der Waals surface area (Å²) in [4.78, 5) is 0.223. The summed E-state index contributed by atoms with van der Waals surface area (Å²) in [5, 5.41) is 0. The van der Waals surface area contributed by atoms with Crippen molar-refractivity contribution in [2.24, 2.45) is 0 Å². The van der Waals surface area contributed by atoms with Crippen molar-refractivity contribution >= 4 is 21.6 Å². The van der Waals surface area contributed by atoms with Crippen LogP contribution in [-0.4, -0.2) is 25.3 Å². The van der Waals surface area contributed by atoms with Gasteiger partial charge in [-0.25, -0.2) is 8.42 Å². The van der Waals surface area contributed by atoms with Gasteiger partial charge in [0.25, 0.3) is 0 Å². The smallest absolute Gasteiger partial charge is 0.246 e. The molecule has 0 aliphatic heterocycles. The Morgan fingerprint density at radius 3 is 2.44 bits per heavy atom. The van der Waals surface area contributed by atoms with E-state index in [4.69, 9.17) is 16.0 Å². The molecule has 0 atom stereocenters. The van der Waals surface area contributed by atoms with Gasteiger partial charge in [0.05, 0.1) is 5.88 Å². The van der Waals surface area contributed by atoms with Crippen LogP contribution < -0.4 is 0 Å². The molecule has 104 valence electrons. The van der Waals surface area contributed by atoms with Crippen LogP contribution in [0.2, 0.25) is 0 Å². The number of hydrogen-bond acceptors (Lipinski definition) is 3. The number of furan rings is 1. The van der Waals surface area contributed by atoms with Gasteiger partial charge >= 0.3 is 0 Å². The molecule has 1 aromatic heterocycles. The molecule has 1 rings (SSSR count). The van der Waals surface area contributed by atoms with Crippen molar-refractivity contribution in [2.75, 3.05) is 6.54 Å². The zero-order valence-corrected chi connectivity index (χ0v) is 12.8. The average Bonchev–Trinajstić information content (AvgIpc) is 2.67. The summed E-state index contributed by atoms with van der Waals surface area (Å²) in [6.07, 6.45) is 0.774.